The van der Waals surface area contributed by atoms with Gasteiger partial charge in [0.15, 0.2) is 0 Å². The zero-order valence-electron chi connectivity index (χ0n) is 27.5. The molecule has 5 aromatic carbocycles. The van der Waals surface area contributed by atoms with Gasteiger partial charge in [0.25, 0.3) is 0 Å². The summed E-state index contributed by atoms with van der Waals surface area (Å²) in [7, 11) is 0. The first-order valence-corrected chi connectivity index (χ1v) is 16.0. The molecule has 0 atom stereocenters. The maximum Gasteiger partial charge on any atom is 0.144 e. The van der Waals surface area contributed by atoms with E-state index < -0.39 is 0 Å². The van der Waals surface area contributed by atoms with Crippen LogP contribution in [0.1, 0.15) is 44.5 Å². The van der Waals surface area contributed by atoms with Gasteiger partial charge in [0.05, 0.1) is 11.4 Å². The van der Waals surface area contributed by atoms with E-state index in [2.05, 4.69) is 131 Å². The second-order valence-electron chi connectivity index (χ2n) is 12.0. The lowest BCUT2D eigenvalue weighted by molar-refractivity contribution is 1.03. The van der Waals surface area contributed by atoms with E-state index in [1.807, 2.05) is 73.3 Å². The Labute approximate surface area is 282 Å². The Kier molecular flexibility index (Phi) is 8.31. The molecule has 0 radical (unpaired) electrons. The van der Waals surface area contributed by atoms with Crippen molar-refractivity contribution in [1.29, 1.82) is 0 Å². The smallest absolute Gasteiger partial charge is 0.144 e. The highest BCUT2D eigenvalue weighted by Crippen LogP contribution is 2.27. The van der Waals surface area contributed by atoms with E-state index in [0.717, 1.165) is 45.0 Å². The Morgan fingerprint density at radius 2 is 0.771 bits per heavy atom. The van der Waals surface area contributed by atoms with Gasteiger partial charge in [-0.05, 0) is 92.4 Å². The molecule has 0 aliphatic carbocycles. The fourth-order valence-electron chi connectivity index (χ4n) is 6.13. The van der Waals surface area contributed by atoms with E-state index in [0.29, 0.717) is 0 Å². The van der Waals surface area contributed by atoms with E-state index >= 15 is 0 Å². The van der Waals surface area contributed by atoms with Crippen LogP contribution in [0.2, 0.25) is 0 Å². The predicted molar refractivity (Wildman–Crippen MR) is 195 cm³/mol. The quantitative estimate of drug-likeness (QED) is 0.184. The van der Waals surface area contributed by atoms with Crippen LogP contribution in [0.4, 0.5) is 0 Å². The first kappa shape index (κ1) is 30.3. The minimum absolute atomic E-state index is 0.913. The van der Waals surface area contributed by atoms with Crippen molar-refractivity contribution >= 4 is 0 Å². The first-order valence-electron chi connectivity index (χ1n) is 16.0. The molecule has 0 bridgehead atoms. The summed E-state index contributed by atoms with van der Waals surface area (Å²) in [4.78, 5) is 9.33. The van der Waals surface area contributed by atoms with Gasteiger partial charge in [-0.2, -0.15) is 0 Å². The molecule has 4 nitrogen and oxygen atoms in total. The van der Waals surface area contributed by atoms with Crippen LogP contribution in [-0.2, 0) is 0 Å². The third kappa shape index (κ3) is 6.21. The molecular weight excluding hydrogens is 585 g/mol. The molecule has 48 heavy (non-hydrogen) atoms. The number of para-hydroxylation sites is 2. The lowest BCUT2D eigenvalue weighted by Gasteiger charge is -2.14. The summed E-state index contributed by atoms with van der Waals surface area (Å²) in [6, 6.07) is 37.3. The molecule has 0 aliphatic rings. The topological polar surface area (TPSA) is 35.6 Å². The van der Waals surface area contributed by atoms with E-state index in [1.165, 1.54) is 33.6 Å². The van der Waals surface area contributed by atoms with Crippen molar-refractivity contribution in [3.63, 3.8) is 0 Å². The van der Waals surface area contributed by atoms with Crippen molar-refractivity contribution in [2.75, 3.05) is 0 Å². The van der Waals surface area contributed by atoms with Gasteiger partial charge in [0.1, 0.15) is 11.6 Å². The zero-order valence-corrected chi connectivity index (χ0v) is 27.5. The molecule has 2 heterocycles. The van der Waals surface area contributed by atoms with Crippen LogP contribution in [0.25, 0.3) is 34.2 Å². The molecule has 0 saturated heterocycles. The number of hydrogen-bond acceptors (Lipinski definition) is 2. The second kappa shape index (κ2) is 13.2. The number of benzene rings is 5. The largest absolute Gasteiger partial charge is 0.299 e. The summed E-state index contributed by atoms with van der Waals surface area (Å²) in [5.41, 5.74) is 13.0. The van der Waals surface area contributed by atoms with Gasteiger partial charge in [0.2, 0.25) is 0 Å². The molecule has 0 aliphatic heterocycles. The molecule has 4 heteroatoms. The molecule has 0 unspecified atom stereocenters. The molecule has 2 aromatic heterocycles. The van der Waals surface area contributed by atoms with E-state index in [-0.39, 0.29) is 0 Å². The van der Waals surface area contributed by atoms with Gasteiger partial charge >= 0.3 is 0 Å². The molecule has 7 aromatic rings. The van der Waals surface area contributed by atoms with Crippen LogP contribution in [-0.4, -0.2) is 19.1 Å². The minimum Gasteiger partial charge on any atom is -0.299 e. The van der Waals surface area contributed by atoms with Crippen molar-refractivity contribution < 1.29 is 0 Å². The summed E-state index contributed by atoms with van der Waals surface area (Å²) >= 11 is 0. The standard InChI is InChI=1S/C44H34N4/c1-31-8-5-9-32(2)41(31)47-28-26-45-43(47)39-22-18-35(19-23-39)14-16-37-12-7-13-38(30-37)17-15-36-20-24-40(25-21-36)44-46-27-29-48(44)42-33(3)10-6-11-34(42)4/h5-13,18-30H,1-4H3. The van der Waals surface area contributed by atoms with Gasteiger partial charge in [-0.1, -0.05) is 90.4 Å². The minimum atomic E-state index is 0.913. The average Bonchev–Trinajstić information content (AvgIpc) is 3.78. The van der Waals surface area contributed by atoms with Crippen LogP contribution in [0, 0.1) is 51.4 Å². The van der Waals surface area contributed by atoms with Gasteiger partial charge in [0, 0.05) is 58.2 Å². The normalized spacial score (nSPS) is 10.6. The van der Waals surface area contributed by atoms with E-state index in [4.69, 9.17) is 0 Å². The van der Waals surface area contributed by atoms with Crippen LogP contribution in [0.15, 0.2) is 134 Å². The molecule has 230 valence electrons. The van der Waals surface area contributed by atoms with Crippen molar-refractivity contribution in [3.05, 3.63) is 178 Å². The number of rotatable bonds is 4. The summed E-state index contributed by atoms with van der Waals surface area (Å²) in [6.45, 7) is 8.53. The highest BCUT2D eigenvalue weighted by molar-refractivity contribution is 5.64. The molecular formula is C44H34N4. The van der Waals surface area contributed by atoms with Crippen LogP contribution in [0.5, 0.6) is 0 Å². The molecule has 0 saturated carbocycles. The van der Waals surface area contributed by atoms with Crippen LogP contribution < -0.4 is 0 Å². The number of aromatic nitrogens is 4. The SMILES string of the molecule is Cc1cccc(C)c1-n1ccnc1-c1ccc(C#Cc2cccc(C#Cc3ccc(-c4nccn4-c4c(C)cccc4C)cc3)c2)cc1. The van der Waals surface area contributed by atoms with Gasteiger partial charge in [-0.25, -0.2) is 9.97 Å². The van der Waals surface area contributed by atoms with Crippen molar-refractivity contribution in [1.82, 2.24) is 19.1 Å². The highest BCUT2D eigenvalue weighted by Gasteiger charge is 2.13. The number of nitrogens with zero attached hydrogens (tertiary/aromatic N) is 4. The monoisotopic (exact) mass is 618 g/mol. The number of imidazole rings is 2. The Morgan fingerprint density at radius 1 is 0.417 bits per heavy atom. The summed E-state index contributed by atoms with van der Waals surface area (Å²) in [6.07, 6.45) is 7.75. The van der Waals surface area contributed by atoms with E-state index in [1.54, 1.807) is 0 Å². The molecule has 0 N–H and O–H groups in total. The van der Waals surface area contributed by atoms with Gasteiger partial charge < -0.3 is 0 Å². The molecule has 0 spiro atoms. The number of aryl methyl sites for hydroxylation is 4. The van der Waals surface area contributed by atoms with Crippen LogP contribution >= 0.6 is 0 Å². The first-order chi connectivity index (χ1) is 23.4. The fraction of sp³-hybridized carbons (Fsp3) is 0.0909. The Hall–Kier alpha value is -6.36. The summed E-state index contributed by atoms with van der Waals surface area (Å²) in [5.74, 6) is 15.1. The summed E-state index contributed by atoms with van der Waals surface area (Å²) < 4.78 is 4.32. The zero-order chi connectivity index (χ0) is 33.0. The predicted octanol–water partition coefficient (Wildman–Crippen LogP) is 9.43. The number of hydrogen-bond donors (Lipinski definition) is 0. The van der Waals surface area contributed by atoms with Crippen molar-refractivity contribution in [3.8, 4) is 57.8 Å². The van der Waals surface area contributed by atoms with Gasteiger partial charge in [-0.3, -0.25) is 9.13 Å². The lowest BCUT2D eigenvalue weighted by Crippen LogP contribution is -2.01. The van der Waals surface area contributed by atoms with Crippen molar-refractivity contribution in [2.45, 2.75) is 27.7 Å². The maximum atomic E-state index is 4.66. The molecule has 7 rings (SSSR count). The van der Waals surface area contributed by atoms with Crippen molar-refractivity contribution in [2.24, 2.45) is 0 Å². The second-order valence-corrected chi connectivity index (χ2v) is 12.0. The Bertz CT molecular complexity index is 2170. The Balaban J connectivity index is 1.06. The summed E-state index contributed by atoms with van der Waals surface area (Å²) in [5, 5.41) is 0. The molecule has 0 amide bonds. The third-order valence-corrected chi connectivity index (χ3v) is 8.49. The van der Waals surface area contributed by atoms with Crippen LogP contribution in [0.3, 0.4) is 0 Å². The fourth-order valence-corrected chi connectivity index (χ4v) is 6.13. The Morgan fingerprint density at radius 3 is 1.17 bits per heavy atom. The highest BCUT2D eigenvalue weighted by atomic mass is 15.1. The van der Waals surface area contributed by atoms with Gasteiger partial charge in [-0.15, -0.1) is 0 Å². The lowest BCUT2D eigenvalue weighted by atomic mass is 10.1. The maximum absolute atomic E-state index is 4.66. The third-order valence-electron chi connectivity index (χ3n) is 8.49. The average molecular weight is 619 g/mol. The van der Waals surface area contributed by atoms with E-state index in [9.17, 15) is 0 Å². The molecule has 0 fully saturated rings.